The summed E-state index contributed by atoms with van der Waals surface area (Å²) in [5, 5.41) is -0.106. The van der Waals surface area contributed by atoms with Crippen LogP contribution in [0.3, 0.4) is 0 Å². The monoisotopic (exact) mass is 295 g/mol. The molecule has 108 valence electrons. The predicted molar refractivity (Wildman–Crippen MR) is 78.1 cm³/mol. The van der Waals surface area contributed by atoms with Crippen LogP contribution in [0.5, 0.6) is 0 Å². The van der Waals surface area contributed by atoms with Gasteiger partial charge >= 0.3 is 0 Å². The Morgan fingerprint density at radius 2 is 1.94 bits per heavy atom. The van der Waals surface area contributed by atoms with Gasteiger partial charge in [-0.05, 0) is 46.6 Å². The average molecular weight is 296 g/mol. The Bertz CT molecular complexity index is 341. The number of hydrogen-bond donors (Lipinski definition) is 0. The summed E-state index contributed by atoms with van der Waals surface area (Å²) in [4.78, 5) is 2.32. The maximum Gasteiger partial charge on any atom is 0.153 e. The van der Waals surface area contributed by atoms with Crippen LogP contribution in [0.25, 0.3) is 0 Å². The van der Waals surface area contributed by atoms with Gasteiger partial charge in [0.05, 0.1) is 11.0 Å². The molecule has 0 amide bonds. The van der Waals surface area contributed by atoms with Gasteiger partial charge in [0, 0.05) is 18.0 Å². The lowest BCUT2D eigenvalue weighted by Crippen LogP contribution is -2.43. The van der Waals surface area contributed by atoms with Gasteiger partial charge in [0.1, 0.15) is 0 Å². The number of alkyl halides is 1. The van der Waals surface area contributed by atoms with Gasteiger partial charge in [-0.2, -0.15) is 0 Å². The third-order valence-electron chi connectivity index (χ3n) is 3.73. The van der Waals surface area contributed by atoms with Crippen molar-refractivity contribution in [3.05, 3.63) is 0 Å². The molecule has 0 spiro atoms. The first-order chi connectivity index (χ1) is 8.33. The van der Waals surface area contributed by atoms with Gasteiger partial charge < -0.3 is 0 Å². The number of piperidine rings is 1. The summed E-state index contributed by atoms with van der Waals surface area (Å²) in [7, 11) is -2.92. The molecule has 0 aromatic rings. The summed E-state index contributed by atoms with van der Waals surface area (Å²) in [6, 6.07) is 0.466. The van der Waals surface area contributed by atoms with Crippen LogP contribution in [0.1, 0.15) is 46.5 Å². The zero-order chi connectivity index (χ0) is 13.8. The zero-order valence-corrected chi connectivity index (χ0v) is 13.3. The molecule has 0 radical (unpaired) electrons. The van der Waals surface area contributed by atoms with Crippen LogP contribution in [0.15, 0.2) is 0 Å². The average Bonchev–Trinajstić information content (AvgIpc) is 2.27. The van der Waals surface area contributed by atoms with E-state index in [0.29, 0.717) is 12.6 Å². The van der Waals surface area contributed by atoms with E-state index in [-0.39, 0.29) is 16.4 Å². The van der Waals surface area contributed by atoms with E-state index in [2.05, 4.69) is 4.90 Å². The maximum absolute atomic E-state index is 11.8. The van der Waals surface area contributed by atoms with Crippen molar-refractivity contribution in [1.29, 1.82) is 0 Å². The Kier molecular flexibility index (Phi) is 6.42. The van der Waals surface area contributed by atoms with Gasteiger partial charge in [-0.25, -0.2) is 8.42 Å². The SMILES string of the molecule is CC(Cl)CC1CCCCN1CCS(=O)(=O)C(C)C. The number of rotatable bonds is 6. The minimum absolute atomic E-state index is 0.164. The minimum atomic E-state index is -2.92. The van der Waals surface area contributed by atoms with E-state index in [1.807, 2.05) is 6.92 Å². The van der Waals surface area contributed by atoms with Crippen LogP contribution in [0, 0.1) is 0 Å². The van der Waals surface area contributed by atoms with Crippen LogP contribution in [-0.4, -0.2) is 48.8 Å². The van der Waals surface area contributed by atoms with E-state index in [1.165, 1.54) is 12.8 Å². The Balaban J connectivity index is 2.52. The molecule has 1 heterocycles. The van der Waals surface area contributed by atoms with Crippen molar-refractivity contribution >= 4 is 21.4 Å². The van der Waals surface area contributed by atoms with Gasteiger partial charge in [-0.15, -0.1) is 11.6 Å². The van der Waals surface area contributed by atoms with E-state index >= 15 is 0 Å². The van der Waals surface area contributed by atoms with Crippen LogP contribution in [0.4, 0.5) is 0 Å². The van der Waals surface area contributed by atoms with Gasteiger partial charge in [0.15, 0.2) is 9.84 Å². The molecule has 18 heavy (non-hydrogen) atoms. The van der Waals surface area contributed by atoms with E-state index in [9.17, 15) is 8.42 Å². The van der Waals surface area contributed by atoms with Crippen molar-refractivity contribution in [3.63, 3.8) is 0 Å². The molecule has 2 atom stereocenters. The van der Waals surface area contributed by atoms with Crippen molar-refractivity contribution in [2.75, 3.05) is 18.8 Å². The number of hydrogen-bond acceptors (Lipinski definition) is 3. The van der Waals surface area contributed by atoms with E-state index in [4.69, 9.17) is 11.6 Å². The van der Waals surface area contributed by atoms with Crippen molar-refractivity contribution in [2.24, 2.45) is 0 Å². The normalized spacial score (nSPS) is 24.4. The highest BCUT2D eigenvalue weighted by molar-refractivity contribution is 7.92. The first-order valence-corrected chi connectivity index (χ1v) is 9.08. The van der Waals surface area contributed by atoms with E-state index < -0.39 is 9.84 Å². The molecule has 1 aliphatic rings. The Labute approximate surface area is 117 Å². The van der Waals surface area contributed by atoms with Gasteiger partial charge in [-0.3, -0.25) is 4.90 Å². The summed E-state index contributed by atoms with van der Waals surface area (Å²) in [5.41, 5.74) is 0. The maximum atomic E-state index is 11.8. The van der Waals surface area contributed by atoms with Crippen LogP contribution in [0.2, 0.25) is 0 Å². The molecular weight excluding hydrogens is 270 g/mol. The molecule has 0 aromatic carbocycles. The van der Waals surface area contributed by atoms with Crippen molar-refractivity contribution in [2.45, 2.75) is 63.1 Å². The first kappa shape index (κ1) is 16.3. The predicted octanol–water partition coefficient (Wildman–Crippen LogP) is 2.68. The molecule has 3 nitrogen and oxygen atoms in total. The molecular formula is C13H26ClNO2S. The Hall–Kier alpha value is 0.200. The fourth-order valence-electron chi connectivity index (χ4n) is 2.48. The topological polar surface area (TPSA) is 37.4 Å². The number of halogens is 1. The highest BCUT2D eigenvalue weighted by Crippen LogP contribution is 2.22. The first-order valence-electron chi connectivity index (χ1n) is 6.92. The lowest BCUT2D eigenvalue weighted by atomic mass is 9.98. The highest BCUT2D eigenvalue weighted by Gasteiger charge is 2.25. The summed E-state index contributed by atoms with van der Waals surface area (Å²) in [6.07, 6.45) is 4.53. The number of likely N-dealkylation sites (tertiary alicyclic amines) is 1. The molecule has 1 rings (SSSR count). The molecule has 5 heteroatoms. The summed E-state index contributed by atoms with van der Waals surface area (Å²) < 4.78 is 23.7. The fourth-order valence-corrected chi connectivity index (χ4v) is 3.64. The van der Waals surface area contributed by atoms with Crippen LogP contribution >= 0.6 is 11.6 Å². The minimum Gasteiger partial charge on any atom is -0.299 e. The summed E-state index contributed by atoms with van der Waals surface area (Å²) >= 11 is 6.07. The van der Waals surface area contributed by atoms with Crippen LogP contribution in [-0.2, 0) is 9.84 Å². The molecule has 1 aliphatic heterocycles. The quantitative estimate of drug-likeness (QED) is 0.707. The van der Waals surface area contributed by atoms with Gasteiger partial charge in [0.25, 0.3) is 0 Å². The largest absolute Gasteiger partial charge is 0.299 e. The smallest absolute Gasteiger partial charge is 0.153 e. The Morgan fingerprint density at radius 1 is 1.28 bits per heavy atom. The van der Waals surface area contributed by atoms with Crippen LogP contribution < -0.4 is 0 Å². The lowest BCUT2D eigenvalue weighted by Gasteiger charge is -2.36. The lowest BCUT2D eigenvalue weighted by molar-refractivity contribution is 0.149. The van der Waals surface area contributed by atoms with E-state index in [1.54, 1.807) is 13.8 Å². The summed E-state index contributed by atoms with van der Waals surface area (Å²) in [6.45, 7) is 7.20. The van der Waals surface area contributed by atoms with Crippen molar-refractivity contribution < 1.29 is 8.42 Å². The second-order valence-corrected chi connectivity index (χ2v) is 9.04. The molecule has 0 N–H and O–H groups in total. The molecule has 0 bridgehead atoms. The number of sulfone groups is 1. The molecule has 1 fully saturated rings. The molecule has 1 saturated heterocycles. The van der Waals surface area contributed by atoms with Gasteiger partial charge in [-0.1, -0.05) is 6.42 Å². The zero-order valence-electron chi connectivity index (χ0n) is 11.7. The summed E-state index contributed by atoms with van der Waals surface area (Å²) in [5.74, 6) is 0.276. The van der Waals surface area contributed by atoms with Gasteiger partial charge in [0.2, 0.25) is 0 Å². The fraction of sp³-hybridized carbons (Fsp3) is 1.00. The third kappa shape index (κ3) is 5.06. The molecule has 0 aliphatic carbocycles. The molecule has 0 saturated carbocycles. The van der Waals surface area contributed by atoms with Crippen molar-refractivity contribution in [3.8, 4) is 0 Å². The third-order valence-corrected chi connectivity index (χ3v) is 6.09. The second kappa shape index (κ2) is 7.11. The van der Waals surface area contributed by atoms with E-state index in [0.717, 1.165) is 19.4 Å². The standard InChI is InChI=1S/C13H26ClNO2S/c1-11(2)18(16,17)9-8-15-7-5-4-6-13(15)10-12(3)14/h11-13H,4-10H2,1-3H3. The highest BCUT2D eigenvalue weighted by atomic mass is 35.5. The van der Waals surface area contributed by atoms with Crippen molar-refractivity contribution in [1.82, 2.24) is 4.90 Å². The Morgan fingerprint density at radius 3 is 2.50 bits per heavy atom. The second-order valence-electron chi connectivity index (χ2n) is 5.62. The molecule has 2 unspecified atom stereocenters. The number of nitrogens with zero attached hydrogens (tertiary/aromatic N) is 1. The molecule has 0 aromatic heterocycles.